The minimum Gasteiger partial charge on any atom is -0.397 e. The molecular formula is C14H23N3. The van der Waals surface area contributed by atoms with E-state index in [0.29, 0.717) is 6.04 Å². The Morgan fingerprint density at radius 2 is 2.18 bits per heavy atom. The van der Waals surface area contributed by atoms with E-state index < -0.39 is 0 Å². The quantitative estimate of drug-likeness (QED) is 0.853. The highest BCUT2D eigenvalue weighted by atomic mass is 15.2. The van der Waals surface area contributed by atoms with E-state index in [1.54, 1.807) is 0 Å². The molecule has 0 saturated carbocycles. The van der Waals surface area contributed by atoms with Gasteiger partial charge in [0.2, 0.25) is 0 Å². The predicted molar refractivity (Wildman–Crippen MR) is 71.5 cm³/mol. The van der Waals surface area contributed by atoms with Crippen molar-refractivity contribution >= 4 is 5.69 Å². The maximum Gasteiger partial charge on any atom is 0.0772 e. The summed E-state index contributed by atoms with van der Waals surface area (Å²) in [6.07, 6.45) is 3.16. The molecule has 3 atom stereocenters. The summed E-state index contributed by atoms with van der Waals surface area (Å²) in [6, 6.07) is 4.45. The van der Waals surface area contributed by atoms with Crippen molar-refractivity contribution < 1.29 is 0 Å². The standard InChI is InChI=1S/C14H23N3/c1-10-7-11(2)12(3)17(8-10)9-14-13(15)5-4-6-16-14/h4-6,10-12H,7-9,15H2,1-3H3. The van der Waals surface area contributed by atoms with E-state index in [1.165, 1.54) is 6.42 Å². The molecule has 1 saturated heterocycles. The largest absolute Gasteiger partial charge is 0.397 e. The highest BCUT2D eigenvalue weighted by Crippen LogP contribution is 2.28. The molecule has 0 bridgehead atoms. The lowest BCUT2D eigenvalue weighted by atomic mass is 9.86. The molecule has 1 fully saturated rings. The Bertz CT molecular complexity index is 377. The lowest BCUT2D eigenvalue weighted by Gasteiger charge is -2.41. The van der Waals surface area contributed by atoms with Crippen LogP contribution in [0.25, 0.3) is 0 Å². The molecule has 3 nitrogen and oxygen atoms in total. The molecule has 1 aliphatic heterocycles. The lowest BCUT2D eigenvalue weighted by molar-refractivity contribution is 0.0720. The number of nitrogens with zero attached hydrogens (tertiary/aromatic N) is 2. The van der Waals surface area contributed by atoms with Crippen LogP contribution < -0.4 is 5.73 Å². The molecule has 3 unspecified atom stereocenters. The van der Waals surface area contributed by atoms with Gasteiger partial charge < -0.3 is 5.73 Å². The second kappa shape index (κ2) is 5.05. The van der Waals surface area contributed by atoms with E-state index in [2.05, 4.69) is 30.7 Å². The fourth-order valence-electron chi connectivity index (χ4n) is 2.82. The molecule has 0 aliphatic carbocycles. The van der Waals surface area contributed by atoms with Crippen LogP contribution in [0.2, 0.25) is 0 Å². The third-order valence-electron chi connectivity index (χ3n) is 4.00. The normalized spacial score (nSPS) is 30.4. The van der Waals surface area contributed by atoms with Gasteiger partial charge in [-0.2, -0.15) is 0 Å². The van der Waals surface area contributed by atoms with Crippen LogP contribution >= 0.6 is 0 Å². The van der Waals surface area contributed by atoms with Crippen LogP contribution in [0, 0.1) is 11.8 Å². The van der Waals surface area contributed by atoms with Gasteiger partial charge in [-0.1, -0.05) is 13.8 Å². The van der Waals surface area contributed by atoms with Crippen LogP contribution in [-0.2, 0) is 6.54 Å². The Kier molecular flexibility index (Phi) is 3.67. The topological polar surface area (TPSA) is 42.2 Å². The lowest BCUT2D eigenvalue weighted by Crippen LogP contribution is -2.45. The van der Waals surface area contributed by atoms with Crippen molar-refractivity contribution in [1.82, 2.24) is 9.88 Å². The SMILES string of the molecule is CC1CC(C)C(C)N(Cc2ncccc2N)C1. The number of hydrogen-bond donors (Lipinski definition) is 1. The van der Waals surface area contributed by atoms with E-state index >= 15 is 0 Å². The van der Waals surface area contributed by atoms with E-state index in [9.17, 15) is 0 Å². The van der Waals surface area contributed by atoms with Crippen LogP contribution in [0.4, 0.5) is 5.69 Å². The molecule has 0 spiro atoms. The number of aromatic nitrogens is 1. The van der Waals surface area contributed by atoms with E-state index in [4.69, 9.17) is 5.73 Å². The zero-order chi connectivity index (χ0) is 12.4. The van der Waals surface area contributed by atoms with E-state index in [-0.39, 0.29) is 0 Å². The zero-order valence-electron chi connectivity index (χ0n) is 11.1. The van der Waals surface area contributed by atoms with Crippen molar-refractivity contribution in [3.63, 3.8) is 0 Å². The summed E-state index contributed by atoms with van der Waals surface area (Å²) in [5.41, 5.74) is 7.79. The third-order valence-corrected chi connectivity index (χ3v) is 4.00. The third kappa shape index (κ3) is 2.78. The van der Waals surface area contributed by atoms with Crippen LogP contribution in [0.5, 0.6) is 0 Å². The Morgan fingerprint density at radius 1 is 1.41 bits per heavy atom. The molecule has 1 aliphatic rings. The first-order chi connectivity index (χ1) is 8.08. The zero-order valence-corrected chi connectivity index (χ0v) is 11.1. The van der Waals surface area contributed by atoms with Crippen molar-refractivity contribution in [1.29, 1.82) is 0 Å². The van der Waals surface area contributed by atoms with E-state index in [0.717, 1.165) is 36.3 Å². The first-order valence-electron chi connectivity index (χ1n) is 6.51. The summed E-state index contributed by atoms with van der Waals surface area (Å²) >= 11 is 0. The summed E-state index contributed by atoms with van der Waals surface area (Å²) in [5.74, 6) is 1.52. The Labute approximate surface area is 104 Å². The van der Waals surface area contributed by atoms with Crippen molar-refractivity contribution in [3.05, 3.63) is 24.0 Å². The summed E-state index contributed by atoms with van der Waals surface area (Å²) in [7, 11) is 0. The molecule has 2 rings (SSSR count). The Morgan fingerprint density at radius 3 is 2.88 bits per heavy atom. The first kappa shape index (κ1) is 12.4. The molecule has 94 valence electrons. The van der Waals surface area contributed by atoms with Gasteiger partial charge in [-0.25, -0.2) is 0 Å². The van der Waals surface area contributed by atoms with Crippen molar-refractivity contribution in [3.8, 4) is 0 Å². The molecule has 0 aromatic carbocycles. The fourth-order valence-corrected chi connectivity index (χ4v) is 2.82. The number of anilines is 1. The Balaban J connectivity index is 2.10. The minimum absolute atomic E-state index is 0.618. The van der Waals surface area contributed by atoms with Gasteiger partial charge in [0.25, 0.3) is 0 Å². The van der Waals surface area contributed by atoms with Gasteiger partial charge in [0.15, 0.2) is 0 Å². The highest BCUT2D eigenvalue weighted by Gasteiger charge is 2.29. The van der Waals surface area contributed by atoms with Gasteiger partial charge in [0, 0.05) is 25.3 Å². The molecule has 0 radical (unpaired) electrons. The molecule has 0 amide bonds. The fraction of sp³-hybridized carbons (Fsp3) is 0.643. The van der Waals surface area contributed by atoms with Gasteiger partial charge in [-0.05, 0) is 37.3 Å². The van der Waals surface area contributed by atoms with Crippen LogP contribution in [0.15, 0.2) is 18.3 Å². The molecule has 1 aromatic rings. The van der Waals surface area contributed by atoms with Crippen molar-refractivity contribution in [2.24, 2.45) is 11.8 Å². The van der Waals surface area contributed by atoms with Crippen LogP contribution in [0.3, 0.4) is 0 Å². The van der Waals surface area contributed by atoms with Gasteiger partial charge in [-0.3, -0.25) is 9.88 Å². The maximum absolute atomic E-state index is 5.96. The summed E-state index contributed by atoms with van der Waals surface area (Å²) in [4.78, 5) is 6.90. The van der Waals surface area contributed by atoms with Crippen LogP contribution in [-0.4, -0.2) is 22.5 Å². The molecule has 2 N–H and O–H groups in total. The molecule has 3 heteroatoms. The van der Waals surface area contributed by atoms with Gasteiger partial charge in [0.1, 0.15) is 0 Å². The number of pyridine rings is 1. The minimum atomic E-state index is 0.618. The number of hydrogen-bond acceptors (Lipinski definition) is 3. The van der Waals surface area contributed by atoms with Gasteiger partial charge in [0.05, 0.1) is 11.4 Å². The number of likely N-dealkylation sites (tertiary alicyclic amines) is 1. The van der Waals surface area contributed by atoms with Gasteiger partial charge >= 0.3 is 0 Å². The summed E-state index contributed by atoms with van der Waals surface area (Å²) < 4.78 is 0. The molecule has 2 heterocycles. The summed E-state index contributed by atoms with van der Waals surface area (Å²) in [5, 5.41) is 0. The molecule has 17 heavy (non-hydrogen) atoms. The Hall–Kier alpha value is -1.09. The smallest absolute Gasteiger partial charge is 0.0772 e. The maximum atomic E-state index is 5.96. The average molecular weight is 233 g/mol. The van der Waals surface area contributed by atoms with Crippen molar-refractivity contribution in [2.75, 3.05) is 12.3 Å². The van der Waals surface area contributed by atoms with E-state index in [1.807, 2.05) is 18.3 Å². The highest BCUT2D eigenvalue weighted by molar-refractivity contribution is 5.41. The number of nitrogens with two attached hydrogens (primary N) is 1. The predicted octanol–water partition coefficient (Wildman–Crippen LogP) is 2.53. The first-order valence-corrected chi connectivity index (χ1v) is 6.51. The average Bonchev–Trinajstić information content (AvgIpc) is 2.28. The number of piperidine rings is 1. The number of rotatable bonds is 2. The molecule has 1 aromatic heterocycles. The number of nitrogen functional groups attached to an aromatic ring is 1. The monoisotopic (exact) mass is 233 g/mol. The second-order valence-corrected chi connectivity index (χ2v) is 5.53. The second-order valence-electron chi connectivity index (χ2n) is 5.53. The van der Waals surface area contributed by atoms with Crippen molar-refractivity contribution in [2.45, 2.75) is 39.8 Å². The van der Waals surface area contributed by atoms with Crippen LogP contribution in [0.1, 0.15) is 32.9 Å². The summed E-state index contributed by atoms with van der Waals surface area (Å²) in [6.45, 7) is 9.02. The molecular weight excluding hydrogens is 210 g/mol. The van der Waals surface area contributed by atoms with Gasteiger partial charge in [-0.15, -0.1) is 0 Å².